The molecule has 0 unspecified atom stereocenters. The number of nitrogens with zero attached hydrogens (tertiary/aromatic N) is 5. The van der Waals surface area contributed by atoms with E-state index >= 15 is 0 Å². The number of nitrogens with two attached hydrogens (primary N) is 1. The van der Waals surface area contributed by atoms with Crippen LogP contribution >= 0.6 is 0 Å². The van der Waals surface area contributed by atoms with Gasteiger partial charge in [-0.15, -0.1) is 5.26 Å². The molecule has 0 bridgehead atoms. The van der Waals surface area contributed by atoms with Gasteiger partial charge in [0.2, 0.25) is 25.9 Å². The van der Waals surface area contributed by atoms with Crippen LogP contribution in [-0.2, 0) is 20.0 Å². The Kier molecular flexibility index (Phi) is 16.2. The first-order valence-corrected chi connectivity index (χ1v) is 25.0. The number of aromatic nitrogens is 2. The Labute approximate surface area is 385 Å². The summed E-state index contributed by atoms with van der Waals surface area (Å²) in [7, 11) is -4.09. The lowest BCUT2D eigenvalue weighted by molar-refractivity contribution is 0.0704. The van der Waals surface area contributed by atoms with E-state index in [1.807, 2.05) is 27.7 Å². The van der Waals surface area contributed by atoms with Crippen molar-refractivity contribution in [3.05, 3.63) is 83.8 Å². The second kappa shape index (κ2) is 21.4. The normalized spacial score (nSPS) is 17.1. The number of primary sulfonamides is 1. The number of hydrogen-bond donors (Lipinski definition) is 3. The summed E-state index contributed by atoms with van der Waals surface area (Å²) in [6, 6.07) is 10.6. The van der Waals surface area contributed by atoms with Crippen LogP contribution in [0.2, 0.25) is 0 Å². The minimum Gasteiger partial charge on any atom is -0.495 e. The van der Waals surface area contributed by atoms with Crippen LogP contribution in [-0.4, -0.2) is 106 Å². The topological polar surface area (TPSA) is 219 Å². The number of methoxy groups -OCH3 is 2. The van der Waals surface area contributed by atoms with Crippen molar-refractivity contribution >= 4 is 31.8 Å². The number of nitriles is 1. The number of nitrogens with one attached hydrogen (secondary N) is 2. The zero-order valence-electron chi connectivity index (χ0n) is 38.0. The number of amides is 2. The highest BCUT2D eigenvalue weighted by molar-refractivity contribution is 7.90. The van der Waals surface area contributed by atoms with Crippen LogP contribution in [0.25, 0.3) is 22.3 Å². The van der Waals surface area contributed by atoms with Crippen LogP contribution < -0.4 is 29.4 Å². The molecule has 2 aromatic carbocycles. The fraction of sp³-hybridized carbons (Fsp3) is 0.478. The number of urea groups is 1. The lowest BCUT2D eigenvalue weighted by Crippen LogP contribution is -2.62. The zero-order chi connectivity index (χ0) is 47.9. The van der Waals surface area contributed by atoms with Crippen molar-refractivity contribution in [1.29, 1.82) is 5.26 Å². The van der Waals surface area contributed by atoms with E-state index in [1.165, 1.54) is 70.4 Å². The number of pyridine rings is 2. The summed E-state index contributed by atoms with van der Waals surface area (Å²) in [4.78, 5) is 25.3. The predicted molar refractivity (Wildman–Crippen MR) is 247 cm³/mol. The first-order valence-electron chi connectivity index (χ1n) is 21.9. The number of sulfonamides is 2. The largest absolute Gasteiger partial charge is 0.495 e. The second-order valence-corrected chi connectivity index (χ2v) is 21.3. The van der Waals surface area contributed by atoms with E-state index in [-0.39, 0.29) is 22.9 Å². The zero-order valence-corrected chi connectivity index (χ0v) is 39.6. The molecule has 2 aliphatic carbocycles. The molecule has 66 heavy (non-hydrogen) atoms. The summed E-state index contributed by atoms with van der Waals surface area (Å²) in [5.74, 6) is 0.270. The third-order valence-corrected chi connectivity index (χ3v) is 15.3. The summed E-state index contributed by atoms with van der Waals surface area (Å²) < 4.78 is 93.0. The first-order chi connectivity index (χ1) is 31.3. The molecule has 2 saturated carbocycles. The molecular weight excluding hydrogens is 895 g/mol. The molecule has 20 heteroatoms. The summed E-state index contributed by atoms with van der Waals surface area (Å²) in [5.41, 5.74) is 3.62. The highest BCUT2D eigenvalue weighted by atomic mass is 32.2. The van der Waals surface area contributed by atoms with E-state index in [2.05, 4.69) is 29.8 Å². The van der Waals surface area contributed by atoms with Crippen LogP contribution in [0.15, 0.2) is 61.1 Å². The quantitative estimate of drug-likeness (QED) is 0.114. The Hall–Kier alpha value is -5.46. The van der Waals surface area contributed by atoms with Gasteiger partial charge < -0.3 is 19.5 Å². The first kappa shape index (κ1) is 50.0. The third-order valence-electron chi connectivity index (χ3n) is 12.4. The monoisotopic (exact) mass is 952 g/mol. The number of carbonyl (C=O) groups is 1. The van der Waals surface area contributed by atoms with Crippen LogP contribution in [0, 0.1) is 23.2 Å². The maximum absolute atomic E-state index is 14.5. The van der Waals surface area contributed by atoms with Crippen molar-refractivity contribution < 1.29 is 44.6 Å². The number of hydrogen-bond acceptors (Lipinski definition) is 13. The summed E-state index contributed by atoms with van der Waals surface area (Å²) >= 11 is 0. The highest BCUT2D eigenvalue weighted by Gasteiger charge is 2.43. The maximum Gasteiger partial charge on any atom is 0.332 e. The number of rotatable bonds is 13. The number of benzene rings is 2. The molecule has 4 fully saturated rings. The summed E-state index contributed by atoms with van der Waals surface area (Å²) in [6.07, 6.45) is 13.5. The number of ether oxygens (including phenoxy) is 3. The Bertz CT molecular complexity index is 2630. The van der Waals surface area contributed by atoms with Gasteiger partial charge in [0.1, 0.15) is 27.9 Å². The van der Waals surface area contributed by atoms with E-state index < -0.39 is 37.1 Å². The fourth-order valence-corrected chi connectivity index (χ4v) is 10.1. The number of carbonyl (C=O) groups excluding carboxylic acids is 1. The van der Waals surface area contributed by atoms with E-state index in [0.29, 0.717) is 94.7 Å². The van der Waals surface area contributed by atoms with Gasteiger partial charge in [-0.2, -0.15) is 0 Å². The minimum atomic E-state index is -3.83. The average molecular weight is 953 g/mol. The maximum atomic E-state index is 14.5. The molecule has 4 aliphatic rings. The number of likely N-dealkylation sites (tertiary alicyclic amines) is 2. The third kappa shape index (κ3) is 12.1. The molecule has 356 valence electrons. The fourth-order valence-electron chi connectivity index (χ4n) is 8.03. The lowest BCUT2D eigenvalue weighted by atomic mass is 9.89. The molecular formula is C46H58F2N8O8S2. The molecule has 4 heterocycles. The predicted octanol–water partition coefficient (Wildman–Crippen LogP) is 7.10. The minimum absolute atomic E-state index is 0.0152. The van der Waals surface area contributed by atoms with E-state index in [4.69, 9.17) is 24.6 Å². The summed E-state index contributed by atoms with van der Waals surface area (Å²) in [5, 5.41) is 15.6. The Morgan fingerprint density at radius 2 is 1.38 bits per heavy atom. The van der Waals surface area contributed by atoms with Crippen molar-refractivity contribution in [2.45, 2.75) is 101 Å². The molecule has 0 spiro atoms. The van der Waals surface area contributed by atoms with Gasteiger partial charge >= 0.3 is 6.03 Å². The summed E-state index contributed by atoms with van der Waals surface area (Å²) in [6.45, 7) is 9.74. The van der Waals surface area contributed by atoms with E-state index in [1.54, 1.807) is 36.8 Å². The van der Waals surface area contributed by atoms with Gasteiger partial charge in [-0.25, -0.2) is 45.3 Å². The molecule has 2 aliphatic heterocycles. The molecule has 2 saturated heterocycles. The SMILES string of the molecule is COc1cc(-c2cc(F)cc(C(C)C)c2NC(=O)NS(=O)(=O)C2CN(C3CCC3)C2)ccn1.COc1cncc(-c2cc(F)cc(C(C)C)c2OC#N)c1.NS(=O)(=O)C1CN(C2CCC2)C1. The standard InChI is InChI=1S/C23H29FN4O4S.C16H15FN2O2.C7H14N2O2S/c1-14(2)19-10-16(24)11-20(15-7-8-25-21(9-15)32-3)22(19)26-23(29)27-33(30,31)18-12-28(13-18)17-5-4-6-17;1-10(2)14-5-12(17)6-15(16(14)21-9-18)11-4-13(20-3)8-19-7-11;8-12(10,11)7-4-9(5-7)6-2-1-3-6/h7-11,14,17-18H,4-6,12-13H2,1-3H3,(H2,26,27,29);4-8,10H,1-3H3;6-7H,1-5H2,(H2,8,10,11). The van der Waals surface area contributed by atoms with Crippen molar-refractivity contribution in [1.82, 2.24) is 24.5 Å². The Morgan fingerprint density at radius 1 is 0.803 bits per heavy atom. The van der Waals surface area contributed by atoms with Crippen molar-refractivity contribution in [3.8, 4) is 45.9 Å². The molecule has 2 amide bonds. The lowest BCUT2D eigenvalue weighted by Gasteiger charge is -2.47. The van der Waals surface area contributed by atoms with Gasteiger partial charge in [0, 0.05) is 79.0 Å². The van der Waals surface area contributed by atoms with Crippen molar-refractivity contribution in [2.75, 3.05) is 45.7 Å². The molecule has 4 aromatic rings. The highest BCUT2D eigenvalue weighted by Crippen LogP contribution is 2.40. The van der Waals surface area contributed by atoms with Gasteiger partial charge in [0.05, 0.1) is 26.1 Å². The van der Waals surface area contributed by atoms with E-state index in [9.17, 15) is 30.4 Å². The Morgan fingerprint density at radius 3 is 1.89 bits per heavy atom. The molecule has 0 atom stereocenters. The van der Waals surface area contributed by atoms with Gasteiger partial charge in [0.15, 0.2) is 5.75 Å². The molecule has 8 rings (SSSR count). The van der Waals surface area contributed by atoms with Gasteiger partial charge in [-0.3, -0.25) is 14.8 Å². The average Bonchev–Trinajstić information content (AvgIpc) is 3.19. The molecule has 4 N–H and O–H groups in total. The smallest absolute Gasteiger partial charge is 0.332 e. The molecule has 0 radical (unpaired) electrons. The van der Waals surface area contributed by atoms with Crippen LogP contribution in [0.4, 0.5) is 19.3 Å². The number of anilines is 1. The van der Waals surface area contributed by atoms with Crippen molar-refractivity contribution in [3.63, 3.8) is 0 Å². The van der Waals surface area contributed by atoms with E-state index in [0.717, 1.165) is 12.8 Å². The number of halogens is 2. The van der Waals surface area contributed by atoms with Crippen LogP contribution in [0.1, 0.15) is 89.2 Å². The molecule has 2 aromatic heterocycles. The van der Waals surface area contributed by atoms with Gasteiger partial charge in [-0.05, 0) is 85.0 Å². The van der Waals surface area contributed by atoms with Crippen LogP contribution in [0.3, 0.4) is 0 Å². The second-order valence-electron chi connectivity index (χ2n) is 17.5. The van der Waals surface area contributed by atoms with Crippen molar-refractivity contribution in [2.24, 2.45) is 5.14 Å². The van der Waals surface area contributed by atoms with Gasteiger partial charge in [-0.1, -0.05) is 40.5 Å². The van der Waals surface area contributed by atoms with Gasteiger partial charge in [0.25, 0.3) is 6.26 Å². The van der Waals surface area contributed by atoms with Crippen LogP contribution in [0.5, 0.6) is 17.4 Å². The molecule has 16 nitrogen and oxygen atoms in total. The Balaban J connectivity index is 0.000000185.